The molecule has 1 rings (SSSR count). The molecule has 0 aromatic rings. The van der Waals surface area contributed by atoms with Gasteiger partial charge in [-0.1, -0.05) is 6.92 Å². The van der Waals surface area contributed by atoms with E-state index in [1.165, 1.54) is 0 Å². The molecule has 2 nitrogen and oxygen atoms in total. The Morgan fingerprint density at radius 3 is 2.53 bits per heavy atom. The summed E-state index contributed by atoms with van der Waals surface area (Å²) < 4.78 is 35.9. The SMILES string of the molecule is CC1CN(C)C(C)CC1NCCCC(F)(F)F. The summed E-state index contributed by atoms with van der Waals surface area (Å²) in [6, 6.07) is 0.862. The van der Waals surface area contributed by atoms with Crippen LogP contribution in [0.1, 0.15) is 33.1 Å². The van der Waals surface area contributed by atoms with Crippen LogP contribution in [0.2, 0.25) is 0 Å². The average Bonchev–Trinajstić information content (AvgIpc) is 2.18. The summed E-state index contributed by atoms with van der Waals surface area (Å²) in [6.07, 6.45) is -3.51. The molecule has 0 radical (unpaired) electrons. The fourth-order valence-corrected chi connectivity index (χ4v) is 2.40. The Kier molecular flexibility index (Phi) is 5.25. The summed E-state index contributed by atoms with van der Waals surface area (Å²) in [5.74, 6) is 0.502. The molecule has 17 heavy (non-hydrogen) atoms. The quantitative estimate of drug-likeness (QED) is 0.774. The van der Waals surface area contributed by atoms with E-state index in [1.807, 2.05) is 0 Å². The Morgan fingerprint density at radius 2 is 1.94 bits per heavy atom. The highest BCUT2D eigenvalue weighted by molar-refractivity contribution is 4.85. The topological polar surface area (TPSA) is 15.3 Å². The minimum Gasteiger partial charge on any atom is -0.314 e. The fraction of sp³-hybridized carbons (Fsp3) is 1.00. The van der Waals surface area contributed by atoms with Crippen LogP contribution in [0.15, 0.2) is 0 Å². The largest absolute Gasteiger partial charge is 0.389 e. The number of likely N-dealkylation sites (tertiary alicyclic amines) is 1. The molecular formula is C12H23F3N2. The molecule has 3 unspecified atom stereocenters. The van der Waals surface area contributed by atoms with E-state index in [1.54, 1.807) is 0 Å². The monoisotopic (exact) mass is 252 g/mol. The maximum Gasteiger partial charge on any atom is 0.389 e. The van der Waals surface area contributed by atoms with Crippen LogP contribution in [0.5, 0.6) is 0 Å². The molecule has 0 aromatic heterocycles. The number of nitrogens with one attached hydrogen (secondary N) is 1. The van der Waals surface area contributed by atoms with Gasteiger partial charge in [0.2, 0.25) is 0 Å². The van der Waals surface area contributed by atoms with Gasteiger partial charge in [-0.25, -0.2) is 0 Å². The molecule has 102 valence electrons. The highest BCUT2D eigenvalue weighted by Gasteiger charge is 2.29. The lowest BCUT2D eigenvalue weighted by Crippen LogP contribution is -2.51. The van der Waals surface area contributed by atoms with Gasteiger partial charge in [0, 0.05) is 25.0 Å². The third-order valence-corrected chi connectivity index (χ3v) is 3.65. The average molecular weight is 252 g/mol. The van der Waals surface area contributed by atoms with Crippen molar-refractivity contribution >= 4 is 0 Å². The first-order valence-corrected chi connectivity index (χ1v) is 6.30. The second-order valence-electron chi connectivity index (χ2n) is 5.28. The first-order chi connectivity index (χ1) is 7.79. The minimum atomic E-state index is -4.02. The lowest BCUT2D eigenvalue weighted by atomic mass is 9.90. The van der Waals surface area contributed by atoms with Gasteiger partial charge >= 0.3 is 6.18 Å². The van der Waals surface area contributed by atoms with Crippen molar-refractivity contribution < 1.29 is 13.2 Å². The van der Waals surface area contributed by atoms with Gasteiger partial charge in [0.05, 0.1) is 0 Å². The van der Waals surface area contributed by atoms with Crippen LogP contribution in [0.3, 0.4) is 0 Å². The lowest BCUT2D eigenvalue weighted by Gasteiger charge is -2.40. The molecule has 0 bridgehead atoms. The van der Waals surface area contributed by atoms with Crippen molar-refractivity contribution in [3.63, 3.8) is 0 Å². The van der Waals surface area contributed by atoms with Gasteiger partial charge in [0.15, 0.2) is 0 Å². The molecule has 1 aliphatic heterocycles. The molecule has 0 saturated carbocycles. The lowest BCUT2D eigenvalue weighted by molar-refractivity contribution is -0.135. The number of alkyl halides is 3. The Morgan fingerprint density at radius 1 is 1.29 bits per heavy atom. The second-order valence-corrected chi connectivity index (χ2v) is 5.28. The van der Waals surface area contributed by atoms with E-state index in [-0.39, 0.29) is 6.42 Å². The Balaban J connectivity index is 2.23. The van der Waals surface area contributed by atoms with E-state index in [0.717, 1.165) is 13.0 Å². The zero-order valence-corrected chi connectivity index (χ0v) is 10.8. The molecule has 1 N–H and O–H groups in total. The third kappa shape index (κ3) is 5.25. The van der Waals surface area contributed by atoms with Crippen LogP contribution in [-0.2, 0) is 0 Å². The van der Waals surface area contributed by atoms with E-state index in [0.29, 0.717) is 24.5 Å². The zero-order chi connectivity index (χ0) is 13.1. The molecule has 5 heteroatoms. The molecule has 0 amide bonds. The number of halogens is 3. The van der Waals surface area contributed by atoms with Crippen LogP contribution < -0.4 is 5.32 Å². The number of hydrogen-bond acceptors (Lipinski definition) is 2. The normalized spacial score (nSPS) is 31.8. The van der Waals surface area contributed by atoms with Gasteiger partial charge in [-0.15, -0.1) is 0 Å². The van der Waals surface area contributed by atoms with E-state index in [2.05, 4.69) is 31.1 Å². The summed E-state index contributed by atoms with van der Waals surface area (Å²) in [7, 11) is 2.10. The second kappa shape index (κ2) is 6.05. The van der Waals surface area contributed by atoms with Gasteiger partial charge in [-0.05, 0) is 39.3 Å². The first-order valence-electron chi connectivity index (χ1n) is 6.30. The van der Waals surface area contributed by atoms with E-state index >= 15 is 0 Å². The van der Waals surface area contributed by atoms with E-state index in [4.69, 9.17) is 0 Å². The minimum absolute atomic E-state index is 0.178. The predicted octanol–water partition coefficient (Wildman–Crippen LogP) is 2.65. The van der Waals surface area contributed by atoms with Crippen molar-refractivity contribution in [3.8, 4) is 0 Å². The van der Waals surface area contributed by atoms with Crippen molar-refractivity contribution in [2.24, 2.45) is 5.92 Å². The van der Waals surface area contributed by atoms with Crippen molar-refractivity contribution in [1.82, 2.24) is 10.2 Å². The Hall–Kier alpha value is -0.290. The number of piperidine rings is 1. The van der Waals surface area contributed by atoms with E-state index in [9.17, 15) is 13.2 Å². The zero-order valence-electron chi connectivity index (χ0n) is 10.8. The number of hydrogen-bond donors (Lipinski definition) is 1. The van der Waals surface area contributed by atoms with Gasteiger partial charge in [-0.2, -0.15) is 13.2 Å². The standard InChI is InChI=1S/C12H23F3N2/c1-9-8-17(3)10(2)7-11(9)16-6-4-5-12(13,14)15/h9-11,16H,4-8H2,1-3H3. The molecule has 1 fully saturated rings. The number of rotatable bonds is 4. The molecule has 1 heterocycles. The van der Waals surface area contributed by atoms with Crippen molar-refractivity contribution in [1.29, 1.82) is 0 Å². The maximum absolute atomic E-state index is 12.0. The molecular weight excluding hydrogens is 229 g/mol. The van der Waals surface area contributed by atoms with Gasteiger partial charge < -0.3 is 10.2 Å². The summed E-state index contributed by atoms with van der Waals surface area (Å²) >= 11 is 0. The van der Waals surface area contributed by atoms with Crippen molar-refractivity contribution in [2.45, 2.75) is 51.4 Å². The Labute approximate surface area is 102 Å². The molecule has 0 aliphatic carbocycles. The highest BCUT2D eigenvalue weighted by Crippen LogP contribution is 2.22. The fourth-order valence-electron chi connectivity index (χ4n) is 2.40. The van der Waals surface area contributed by atoms with Gasteiger partial charge in [-0.3, -0.25) is 0 Å². The summed E-state index contributed by atoms with van der Waals surface area (Å²) in [5.41, 5.74) is 0. The number of nitrogens with zero attached hydrogens (tertiary/aromatic N) is 1. The van der Waals surface area contributed by atoms with Crippen molar-refractivity contribution in [2.75, 3.05) is 20.1 Å². The van der Waals surface area contributed by atoms with Gasteiger partial charge in [0.25, 0.3) is 0 Å². The molecule has 0 aromatic carbocycles. The smallest absolute Gasteiger partial charge is 0.314 e. The van der Waals surface area contributed by atoms with Crippen LogP contribution >= 0.6 is 0 Å². The summed E-state index contributed by atoms with van der Waals surface area (Å²) in [5, 5.41) is 3.27. The molecule has 0 spiro atoms. The van der Waals surface area contributed by atoms with Crippen LogP contribution in [-0.4, -0.2) is 43.3 Å². The first kappa shape index (κ1) is 14.8. The molecule has 1 saturated heterocycles. The summed E-state index contributed by atoms with van der Waals surface area (Å²) in [4.78, 5) is 2.30. The summed E-state index contributed by atoms with van der Waals surface area (Å²) in [6.45, 7) is 5.79. The maximum atomic E-state index is 12.0. The van der Waals surface area contributed by atoms with Crippen LogP contribution in [0, 0.1) is 5.92 Å². The van der Waals surface area contributed by atoms with Crippen LogP contribution in [0.25, 0.3) is 0 Å². The highest BCUT2D eigenvalue weighted by atomic mass is 19.4. The van der Waals surface area contributed by atoms with Crippen LogP contribution in [0.4, 0.5) is 13.2 Å². The van der Waals surface area contributed by atoms with E-state index < -0.39 is 12.6 Å². The van der Waals surface area contributed by atoms with Gasteiger partial charge in [0.1, 0.15) is 0 Å². The third-order valence-electron chi connectivity index (χ3n) is 3.65. The van der Waals surface area contributed by atoms with Crippen molar-refractivity contribution in [3.05, 3.63) is 0 Å². The molecule has 3 atom stereocenters. The predicted molar refractivity (Wildman–Crippen MR) is 63.0 cm³/mol. The Bertz CT molecular complexity index is 230. The molecule has 1 aliphatic rings.